The van der Waals surface area contributed by atoms with E-state index in [1.807, 2.05) is 764 Å². The van der Waals surface area contributed by atoms with E-state index in [4.69, 9.17) is 31.7 Å². The molecule has 3 nitrogen and oxygen atoms in total. The molecule has 8 rings (SSSR count). The first-order chi connectivity index (χ1) is 70.2. The molecule has 1 aliphatic heterocycles. The smallest absolute Gasteiger partial charge is 0.399 e. The van der Waals surface area contributed by atoms with Crippen LogP contribution in [-0.2, 0) is 920 Å². The van der Waals surface area contributed by atoms with Crippen LogP contribution in [0.2, 0.25) is 0 Å². The number of para-hydroxylation sites is 1. The SMILES string of the molecule is CC1(C)OB(c2ccc(-n3c4ccccc4c4cc5c6ccccc6c6ccccc6c5cc43)cc2)OC1(C)C.S=S=S=S=S=S=S=S=S=S=S=S=S=S=S=S=S=S=S=S=S=S=S=S=S=S=S=S=S=S=S=S=S=S=S=S=S=S=S=S=S=S=S=S=S=S=S=S=S=S=S=S=S=S=S=S=S=S=S=S=S=S=S=S=S=S=S=S=S=S=S=S=S=S=S=S=S=S=S=S=S=S=S=S=S=S=S=S=S=S=S=S=S=S=S=S=S=S=S=S=S=S. The van der Waals surface area contributed by atoms with E-state index in [0.29, 0.717) is 0 Å². The van der Waals surface area contributed by atoms with Gasteiger partial charge in [0.05, 0.1) is 22.2 Å². The summed E-state index contributed by atoms with van der Waals surface area (Å²) in [4.78, 5) is 0. The largest absolute Gasteiger partial charge is 0.494 e. The lowest BCUT2D eigenvalue weighted by Gasteiger charge is -2.32. The third-order valence-corrected chi connectivity index (χ3v) is 232. The van der Waals surface area contributed by atoms with Crippen molar-refractivity contribution in [1.82, 2.24) is 4.57 Å². The fourth-order valence-electron chi connectivity index (χ4n) is 7.52. The van der Waals surface area contributed by atoms with Crippen LogP contribution >= 0.6 is 0 Å². The molecule has 142 heavy (non-hydrogen) atoms. The minimum atomic E-state index is -0.374. The van der Waals surface area contributed by atoms with E-state index in [-0.39, 0.29) is 18.3 Å². The maximum absolute atomic E-state index is 6.32. The van der Waals surface area contributed by atoms with Crippen LogP contribution in [0, 0.1) is 0 Å². The summed E-state index contributed by atoms with van der Waals surface area (Å²) in [5.74, 6) is 0. The molecule has 0 spiro atoms. The first-order valence-electron chi connectivity index (χ1n) is 30.9. The van der Waals surface area contributed by atoms with E-state index in [1.54, 1.807) is 107 Å². The van der Waals surface area contributed by atoms with Gasteiger partial charge >= 0.3 is 7.12 Å². The fraction of sp³-hybridized carbons (Fsp3) is 0.167. The van der Waals surface area contributed by atoms with E-state index < -0.39 is 0 Å². The third kappa shape index (κ3) is 75.8. The Morgan fingerprint density at radius 3 is 0.507 bits per heavy atom. The van der Waals surface area contributed by atoms with Gasteiger partial charge in [0.25, 0.3) is 0 Å². The fourth-order valence-corrected chi connectivity index (χ4v) is 276. The monoisotopic (exact) mass is 3780 g/mol. The van der Waals surface area contributed by atoms with Crippen LogP contribution in [-0.4, -0.2) is 22.9 Å². The maximum atomic E-state index is 6.32. The van der Waals surface area contributed by atoms with Crippen molar-refractivity contribution in [2.24, 2.45) is 0 Å². The molecule has 1 aromatic heterocycles. The zero-order valence-corrected chi connectivity index (χ0v) is 148. The molecule has 1 fully saturated rings. The van der Waals surface area contributed by atoms with Gasteiger partial charge in [-0.1, -0.05) is 78.9 Å². The van der Waals surface area contributed by atoms with Crippen LogP contribution in [0.3, 0.4) is 0 Å². The van der Waals surface area contributed by atoms with Gasteiger partial charge < -0.3 is 13.9 Å². The average molecular weight is 3790 g/mol. The van der Waals surface area contributed by atoms with Crippen LogP contribution in [0.1, 0.15) is 27.7 Å². The van der Waals surface area contributed by atoms with Crippen molar-refractivity contribution in [1.29, 1.82) is 0 Å². The summed E-state index contributed by atoms with van der Waals surface area (Å²) in [7, 11) is 181. The maximum Gasteiger partial charge on any atom is 0.494 e. The number of aromatic nitrogens is 1. The first kappa shape index (κ1) is 147. The highest BCUT2D eigenvalue weighted by Crippen LogP contribution is 2.41. The second kappa shape index (κ2) is 108. The van der Waals surface area contributed by atoms with E-state index >= 15 is 0 Å². The van der Waals surface area contributed by atoms with Gasteiger partial charge in [0.2, 0.25) is 0 Å². The minimum Gasteiger partial charge on any atom is -0.399 e. The molecule has 0 unspecified atom stereocenters. The Labute approximate surface area is 1110 Å². The topological polar surface area (TPSA) is 23.4 Å². The molecule has 0 aliphatic carbocycles. The minimum absolute atomic E-state index is 0.364. The molecule has 806 valence electrons. The van der Waals surface area contributed by atoms with E-state index in [1.165, 1.54) is 71.9 Å². The second-order valence-corrected chi connectivity index (χ2v) is 196. The molecule has 6 aromatic carbocycles. The summed E-state index contributed by atoms with van der Waals surface area (Å²) in [6.07, 6.45) is 0. The van der Waals surface area contributed by atoms with Crippen molar-refractivity contribution in [2.75, 3.05) is 0 Å². The van der Waals surface area contributed by atoms with Gasteiger partial charge in [-0.3, -0.25) is 0 Å². The highest BCUT2D eigenvalue weighted by Gasteiger charge is 2.51. The Bertz CT molecular complexity index is 10900. The van der Waals surface area contributed by atoms with Crippen molar-refractivity contribution >= 4 is 977 Å². The molecule has 0 amide bonds. The van der Waals surface area contributed by atoms with Crippen molar-refractivity contribution in [3.05, 3.63) is 109 Å². The van der Waals surface area contributed by atoms with Crippen LogP contribution in [0.5, 0.6) is 0 Å². The summed E-state index contributed by atoms with van der Waals surface area (Å²) in [6.45, 7) is 8.38. The summed E-state index contributed by atoms with van der Waals surface area (Å²) in [6, 6.07) is 39.7. The van der Waals surface area contributed by atoms with Crippen LogP contribution < -0.4 is 5.46 Å². The van der Waals surface area contributed by atoms with Crippen molar-refractivity contribution < 1.29 is 9.31 Å². The van der Waals surface area contributed by atoms with Gasteiger partial charge in [-0.15, -0.1) is 0 Å². The number of rotatable bonds is 2. The molecule has 0 atom stereocenters. The Morgan fingerprint density at radius 2 is 0.324 bits per heavy atom. The van der Waals surface area contributed by atoms with Gasteiger partial charge in [-0.25, -0.2) is 0 Å². The van der Waals surface area contributed by atoms with Crippen LogP contribution in [0.15, 0.2) is 109 Å². The van der Waals surface area contributed by atoms with Crippen molar-refractivity contribution in [3.63, 3.8) is 0 Å². The lowest BCUT2D eigenvalue weighted by Crippen LogP contribution is -2.41. The molecular weight excluding hydrogens is 3760 g/mol. The molecule has 1 aliphatic rings. The molecule has 106 heteroatoms. The number of hydrogen-bond donors (Lipinski definition) is 0. The number of fused-ring (bicyclic) bond motifs is 9. The first-order valence-corrected chi connectivity index (χ1v) is 166. The van der Waals surface area contributed by atoms with Gasteiger partial charge in [0.1, 0.15) is 0 Å². The zero-order valence-electron chi connectivity index (χ0n) is 64.9. The van der Waals surface area contributed by atoms with Gasteiger partial charge in [0.15, 0.2) is 0 Å². The van der Waals surface area contributed by atoms with E-state index in [2.05, 4.69) is 141 Å². The predicted molar refractivity (Wildman–Crippen MR) is 920 cm³/mol. The van der Waals surface area contributed by atoms with Crippen LogP contribution in [0.4, 0.5) is 0 Å². The number of benzene rings is 6. The van der Waals surface area contributed by atoms with Gasteiger partial charge in [-0.2, -0.15) is 0 Å². The number of hydrogen-bond acceptors (Lipinski definition) is 4. The lowest BCUT2D eigenvalue weighted by molar-refractivity contribution is 0.00578. The quantitative estimate of drug-likeness (QED) is 0.129. The highest BCUT2D eigenvalue weighted by atomic mass is 33.6. The normalized spacial score (nSPS) is 10.4. The summed E-state index contributed by atoms with van der Waals surface area (Å²) in [5.41, 5.74) is 3.83. The van der Waals surface area contributed by atoms with Crippen LogP contribution in [0.25, 0.3) is 59.8 Å². The zero-order chi connectivity index (χ0) is 99.9. The Balaban J connectivity index is 0.000000552. The number of nitrogens with zero attached hydrogens (tertiary/aromatic N) is 1. The standard InChI is InChI=1S/C36H30BNO2.S102/c1-35(2)36(3,4)40-37(39-35)23-17-19-24(20-18-23)38-33-16-10-9-15-29(33)32-21-30-27-13-7-5-11-25(27)26-12-6-8-14-28(26)31(30)22-34(32)38;1-3-5-7-9-11-13-15-17-19-21-23-25-27-29-31-33-35-37-39-41-43-45-47-49-51-53-55-57-59-61-63-65-67-69-71-73-75-77-79-81-83-85-87-89-91-93-95-97-99-101-102-100-98-96-94-92-90-88-86-84-82-80-78-76-74-72-70-68-66-64-62-60-58-56-54-52-50-48-46-44-42-40-38-36-34-32-30-28-26-24-22-20-18-16-14-12-10-8-6-4-2/h5-22H,1-4H3;. The summed E-state index contributed by atoms with van der Waals surface area (Å²) >= 11 is 9.66. The molecular formula is C36H30BNO2S102. The molecule has 2 heterocycles. The van der Waals surface area contributed by atoms with Crippen molar-refractivity contribution in [2.45, 2.75) is 38.9 Å². The van der Waals surface area contributed by atoms with Gasteiger partial charge in [0, 0.05) is 927 Å². The Morgan fingerprint density at radius 1 is 0.169 bits per heavy atom. The summed E-state index contributed by atoms with van der Waals surface area (Å²) in [5, 5.41) is 10.3. The Hall–Kier alpha value is 18.3. The van der Waals surface area contributed by atoms with E-state index in [9.17, 15) is 0 Å². The molecule has 0 bridgehead atoms. The third-order valence-electron chi connectivity index (χ3n) is 12.0. The average Bonchev–Trinajstić information content (AvgIpc) is 1.37. The van der Waals surface area contributed by atoms with Crippen molar-refractivity contribution in [3.8, 4) is 5.69 Å². The molecule has 0 N–H and O–H groups in total. The van der Waals surface area contributed by atoms with E-state index in [0.717, 1.165) is 11.2 Å². The Kier molecular flexibility index (Phi) is 112. The molecule has 0 saturated carbocycles. The van der Waals surface area contributed by atoms with Gasteiger partial charge in [-0.05, 0) is 95.8 Å². The lowest BCUT2D eigenvalue weighted by atomic mass is 9.79. The predicted octanol–water partition coefficient (Wildman–Crippen LogP) is 8.30. The molecule has 0 radical (unpaired) electrons. The molecule has 7 aromatic rings. The highest BCUT2D eigenvalue weighted by molar-refractivity contribution is 8.88. The summed E-state index contributed by atoms with van der Waals surface area (Å²) < 4.78 is 15.0. The molecule has 1 saturated heterocycles. The second-order valence-electron chi connectivity index (χ2n) is 18.8.